The number of hydrogen-bond donors (Lipinski definition) is 2. The van der Waals surface area contributed by atoms with Crippen molar-refractivity contribution in [1.82, 2.24) is 14.9 Å². The van der Waals surface area contributed by atoms with Crippen molar-refractivity contribution in [2.75, 3.05) is 48.7 Å². The third-order valence-electron chi connectivity index (χ3n) is 4.11. The van der Waals surface area contributed by atoms with E-state index in [0.717, 1.165) is 43.4 Å². The van der Waals surface area contributed by atoms with Crippen molar-refractivity contribution in [3.8, 4) is 0 Å². The molecule has 1 aliphatic heterocycles. The first-order chi connectivity index (χ1) is 11.6. The van der Waals surface area contributed by atoms with E-state index >= 15 is 0 Å². The van der Waals surface area contributed by atoms with Crippen molar-refractivity contribution in [1.29, 1.82) is 0 Å². The predicted molar refractivity (Wildman–Crippen MR) is 94.9 cm³/mol. The fourth-order valence-corrected chi connectivity index (χ4v) is 2.73. The van der Waals surface area contributed by atoms with Crippen molar-refractivity contribution in [3.63, 3.8) is 0 Å². The van der Waals surface area contributed by atoms with Gasteiger partial charge < -0.3 is 16.0 Å². The summed E-state index contributed by atoms with van der Waals surface area (Å²) in [5, 5.41) is 2.94. The molecule has 2 aromatic rings. The molecule has 1 aromatic heterocycles. The molecule has 0 bridgehead atoms. The van der Waals surface area contributed by atoms with Crippen LogP contribution in [0.2, 0.25) is 0 Å². The van der Waals surface area contributed by atoms with Crippen molar-refractivity contribution in [2.24, 2.45) is 0 Å². The Bertz CT molecular complexity index is 697. The Labute approximate surface area is 141 Å². The summed E-state index contributed by atoms with van der Waals surface area (Å²) in [6.07, 6.45) is 3.49. The number of benzene rings is 1. The van der Waals surface area contributed by atoms with Crippen LogP contribution >= 0.6 is 0 Å². The van der Waals surface area contributed by atoms with Gasteiger partial charge in [-0.1, -0.05) is 6.07 Å². The zero-order chi connectivity index (χ0) is 16.9. The number of piperazine rings is 1. The molecule has 1 amide bonds. The molecule has 1 saturated heterocycles. The Balaban J connectivity index is 1.51. The second-order valence-electron chi connectivity index (χ2n) is 5.93. The lowest BCUT2D eigenvalue weighted by atomic mass is 10.2. The van der Waals surface area contributed by atoms with Crippen LogP contribution in [0.25, 0.3) is 0 Å². The van der Waals surface area contributed by atoms with Gasteiger partial charge in [0.05, 0.1) is 6.54 Å². The zero-order valence-electron chi connectivity index (χ0n) is 13.8. The highest BCUT2D eigenvalue weighted by atomic mass is 16.2. The standard InChI is InChI=1S/C17H22N6O/c1-13-3-4-14(18)11-15(13)21-16(24)12-22-7-9-23(10-8-22)17-19-5-2-6-20-17/h2-6,11H,7-10,12,18H2,1H3,(H,21,24). The van der Waals surface area contributed by atoms with E-state index in [4.69, 9.17) is 5.73 Å². The molecule has 3 rings (SSSR count). The summed E-state index contributed by atoms with van der Waals surface area (Å²) >= 11 is 0. The van der Waals surface area contributed by atoms with Crippen LogP contribution in [0.5, 0.6) is 0 Å². The van der Waals surface area contributed by atoms with Crippen molar-refractivity contribution in [3.05, 3.63) is 42.2 Å². The molecule has 24 heavy (non-hydrogen) atoms. The highest BCUT2D eigenvalue weighted by Gasteiger charge is 2.20. The highest BCUT2D eigenvalue weighted by Crippen LogP contribution is 2.18. The van der Waals surface area contributed by atoms with Gasteiger partial charge in [-0.2, -0.15) is 0 Å². The molecule has 0 radical (unpaired) electrons. The molecule has 0 unspecified atom stereocenters. The minimum absolute atomic E-state index is 0.0203. The first kappa shape index (κ1) is 16.2. The maximum atomic E-state index is 12.3. The molecular weight excluding hydrogens is 304 g/mol. The van der Waals surface area contributed by atoms with Crippen LogP contribution in [0.1, 0.15) is 5.56 Å². The van der Waals surface area contributed by atoms with Gasteiger partial charge in [0.2, 0.25) is 11.9 Å². The Morgan fingerprint density at radius 1 is 1.21 bits per heavy atom. The predicted octanol–water partition coefficient (Wildman–Crippen LogP) is 1.13. The summed E-state index contributed by atoms with van der Waals surface area (Å²) in [6, 6.07) is 7.33. The van der Waals surface area contributed by atoms with Gasteiger partial charge >= 0.3 is 0 Å². The largest absolute Gasteiger partial charge is 0.399 e. The van der Waals surface area contributed by atoms with E-state index < -0.39 is 0 Å². The van der Waals surface area contributed by atoms with Gasteiger partial charge in [-0.05, 0) is 30.7 Å². The van der Waals surface area contributed by atoms with Crippen molar-refractivity contribution in [2.45, 2.75) is 6.92 Å². The lowest BCUT2D eigenvalue weighted by Crippen LogP contribution is -2.49. The lowest BCUT2D eigenvalue weighted by molar-refractivity contribution is -0.117. The number of nitrogens with two attached hydrogens (primary N) is 1. The number of anilines is 3. The Morgan fingerprint density at radius 3 is 2.62 bits per heavy atom. The maximum Gasteiger partial charge on any atom is 0.238 e. The second kappa shape index (κ2) is 7.27. The van der Waals surface area contributed by atoms with Crippen LogP contribution in [0.4, 0.5) is 17.3 Å². The van der Waals surface area contributed by atoms with Crippen molar-refractivity contribution >= 4 is 23.2 Å². The summed E-state index contributed by atoms with van der Waals surface area (Å²) in [5.41, 5.74) is 8.20. The number of nitrogens with one attached hydrogen (secondary N) is 1. The van der Waals surface area contributed by atoms with Crippen LogP contribution in [0, 0.1) is 6.92 Å². The second-order valence-corrected chi connectivity index (χ2v) is 5.93. The normalized spacial score (nSPS) is 15.3. The number of nitrogens with zero attached hydrogens (tertiary/aromatic N) is 4. The van der Waals surface area contributed by atoms with E-state index in [0.29, 0.717) is 12.2 Å². The minimum atomic E-state index is -0.0203. The van der Waals surface area contributed by atoms with Gasteiger partial charge in [-0.15, -0.1) is 0 Å². The number of nitrogen functional groups attached to an aromatic ring is 1. The molecule has 3 N–H and O–H groups in total. The fourth-order valence-electron chi connectivity index (χ4n) is 2.73. The van der Waals surface area contributed by atoms with E-state index in [1.807, 2.05) is 25.1 Å². The molecule has 0 saturated carbocycles. The molecular formula is C17H22N6O. The maximum absolute atomic E-state index is 12.3. The number of carbonyl (C=O) groups is 1. The van der Waals surface area contributed by atoms with Gasteiger partial charge in [-0.25, -0.2) is 9.97 Å². The molecule has 1 aromatic carbocycles. The number of aryl methyl sites for hydroxylation is 1. The van der Waals surface area contributed by atoms with Gasteiger partial charge in [0, 0.05) is 49.9 Å². The Morgan fingerprint density at radius 2 is 1.92 bits per heavy atom. The van der Waals surface area contributed by atoms with E-state index in [1.165, 1.54) is 0 Å². The fraction of sp³-hybridized carbons (Fsp3) is 0.353. The quantitative estimate of drug-likeness (QED) is 0.819. The average Bonchev–Trinajstić information content (AvgIpc) is 2.59. The smallest absolute Gasteiger partial charge is 0.238 e. The number of carbonyl (C=O) groups excluding carboxylic acids is 1. The van der Waals surface area contributed by atoms with Gasteiger partial charge in [-0.3, -0.25) is 9.69 Å². The summed E-state index contributed by atoms with van der Waals surface area (Å²) < 4.78 is 0. The summed E-state index contributed by atoms with van der Waals surface area (Å²) in [7, 11) is 0. The van der Waals surface area contributed by atoms with Crippen LogP contribution in [0.3, 0.4) is 0 Å². The number of aromatic nitrogens is 2. The van der Waals surface area contributed by atoms with Gasteiger partial charge in [0.1, 0.15) is 0 Å². The molecule has 0 aliphatic carbocycles. The van der Waals surface area contributed by atoms with E-state index in [2.05, 4.69) is 25.1 Å². The number of amides is 1. The monoisotopic (exact) mass is 326 g/mol. The molecule has 1 fully saturated rings. The molecule has 7 heteroatoms. The summed E-state index contributed by atoms with van der Waals surface area (Å²) in [4.78, 5) is 25.1. The molecule has 1 aliphatic rings. The van der Waals surface area contributed by atoms with Gasteiger partial charge in [0.25, 0.3) is 0 Å². The van der Waals surface area contributed by atoms with Crippen LogP contribution in [0.15, 0.2) is 36.7 Å². The van der Waals surface area contributed by atoms with E-state index in [-0.39, 0.29) is 5.91 Å². The molecule has 2 heterocycles. The van der Waals surface area contributed by atoms with Crippen LogP contribution < -0.4 is 16.0 Å². The Hall–Kier alpha value is -2.67. The first-order valence-corrected chi connectivity index (χ1v) is 8.02. The topological polar surface area (TPSA) is 87.4 Å². The van der Waals surface area contributed by atoms with Gasteiger partial charge in [0.15, 0.2) is 0 Å². The SMILES string of the molecule is Cc1ccc(N)cc1NC(=O)CN1CCN(c2ncccn2)CC1. The number of hydrogen-bond acceptors (Lipinski definition) is 6. The Kier molecular flexibility index (Phi) is 4.90. The lowest BCUT2D eigenvalue weighted by Gasteiger charge is -2.34. The minimum Gasteiger partial charge on any atom is -0.399 e. The average molecular weight is 326 g/mol. The summed E-state index contributed by atoms with van der Waals surface area (Å²) in [5.74, 6) is 0.727. The third kappa shape index (κ3) is 3.99. The molecule has 7 nitrogen and oxygen atoms in total. The first-order valence-electron chi connectivity index (χ1n) is 8.02. The van der Waals surface area contributed by atoms with E-state index in [9.17, 15) is 4.79 Å². The molecule has 0 spiro atoms. The van der Waals surface area contributed by atoms with Crippen molar-refractivity contribution < 1.29 is 4.79 Å². The molecule has 126 valence electrons. The number of rotatable bonds is 4. The van der Waals surface area contributed by atoms with Crippen LogP contribution in [-0.4, -0.2) is 53.5 Å². The zero-order valence-corrected chi connectivity index (χ0v) is 13.8. The highest BCUT2D eigenvalue weighted by molar-refractivity contribution is 5.93. The molecule has 0 atom stereocenters. The van der Waals surface area contributed by atoms with Crippen LogP contribution in [-0.2, 0) is 4.79 Å². The van der Waals surface area contributed by atoms with E-state index in [1.54, 1.807) is 18.5 Å². The summed E-state index contributed by atoms with van der Waals surface area (Å²) in [6.45, 7) is 5.57. The third-order valence-corrected chi connectivity index (χ3v) is 4.11.